The highest BCUT2D eigenvalue weighted by molar-refractivity contribution is 5.81. The number of hydrogen-bond donors (Lipinski definition) is 0. The molecule has 0 radical (unpaired) electrons. The lowest BCUT2D eigenvalue weighted by atomic mass is 9.85. The van der Waals surface area contributed by atoms with Crippen molar-refractivity contribution in [3.8, 4) is 0 Å². The lowest BCUT2D eigenvalue weighted by Crippen LogP contribution is -2.47. The molecule has 0 atom stereocenters. The predicted molar refractivity (Wildman–Crippen MR) is 119 cm³/mol. The highest BCUT2D eigenvalue weighted by Crippen LogP contribution is 2.34. The fraction of sp³-hybridized carbons (Fsp3) is 0.478. The van der Waals surface area contributed by atoms with Gasteiger partial charge in [-0.05, 0) is 51.0 Å². The number of anilines is 2. The Labute approximate surface area is 176 Å². The highest BCUT2D eigenvalue weighted by atomic mass is 16.1. The van der Waals surface area contributed by atoms with E-state index in [1.54, 1.807) is 10.9 Å². The number of rotatable bonds is 4. The van der Waals surface area contributed by atoms with Gasteiger partial charge in [-0.1, -0.05) is 6.42 Å². The van der Waals surface area contributed by atoms with Crippen LogP contribution in [0, 0.1) is 0 Å². The summed E-state index contributed by atoms with van der Waals surface area (Å²) in [6.07, 6.45) is 7.29. The second-order valence-electron chi connectivity index (χ2n) is 8.63. The Hall–Kier alpha value is -2.96. The Morgan fingerprint density at radius 1 is 1.00 bits per heavy atom. The first-order chi connectivity index (χ1) is 14.6. The number of fused-ring (bicyclic) bond motifs is 1. The lowest BCUT2D eigenvalue weighted by Gasteiger charge is -2.37. The molecule has 1 saturated carbocycles. The molecule has 1 aromatic carbocycles. The van der Waals surface area contributed by atoms with Gasteiger partial charge in [-0.15, -0.1) is 0 Å². The molecule has 3 aromatic rings. The van der Waals surface area contributed by atoms with Crippen LogP contribution >= 0.6 is 0 Å². The fourth-order valence-electron chi connectivity index (χ4n) is 4.28. The van der Waals surface area contributed by atoms with Crippen molar-refractivity contribution in [2.75, 3.05) is 36.0 Å². The molecule has 7 heteroatoms. The number of piperazine rings is 1. The van der Waals surface area contributed by atoms with Gasteiger partial charge in [0, 0.05) is 50.0 Å². The van der Waals surface area contributed by atoms with Gasteiger partial charge in [0.1, 0.15) is 11.6 Å². The first kappa shape index (κ1) is 19.0. The van der Waals surface area contributed by atoms with Crippen LogP contribution in [0.3, 0.4) is 0 Å². The van der Waals surface area contributed by atoms with Gasteiger partial charge in [0.25, 0.3) is 5.56 Å². The molecule has 2 aliphatic rings. The molecule has 0 spiro atoms. The third-order valence-corrected chi connectivity index (χ3v) is 6.42. The summed E-state index contributed by atoms with van der Waals surface area (Å²) in [6, 6.07) is 8.13. The molecule has 3 heterocycles. The van der Waals surface area contributed by atoms with Crippen LogP contribution in [0.4, 0.5) is 11.5 Å². The van der Waals surface area contributed by atoms with Crippen LogP contribution in [0.15, 0.2) is 41.6 Å². The molecule has 0 N–H and O–H groups in total. The summed E-state index contributed by atoms with van der Waals surface area (Å²) in [7, 11) is 0. The zero-order chi connectivity index (χ0) is 20.7. The van der Waals surface area contributed by atoms with Crippen LogP contribution in [0.2, 0.25) is 0 Å². The number of nitrogens with zero attached hydrogens (tertiary/aromatic N) is 6. The van der Waals surface area contributed by atoms with Crippen molar-refractivity contribution in [2.24, 2.45) is 0 Å². The summed E-state index contributed by atoms with van der Waals surface area (Å²) in [5, 5.41) is 0.679. The van der Waals surface area contributed by atoms with E-state index >= 15 is 0 Å². The molecule has 2 aromatic heterocycles. The minimum absolute atomic E-state index is 0.0254. The Morgan fingerprint density at radius 2 is 1.77 bits per heavy atom. The van der Waals surface area contributed by atoms with Crippen molar-refractivity contribution in [1.29, 1.82) is 0 Å². The standard InChI is InChI=1S/C23H28N6O/c1-16(2)29-15-25-20-14-18(6-7-19(20)23(29)30)27-10-12-28(13-11-27)21-8-9-24-22(26-21)17-4-3-5-17/h6-9,14-17H,3-5,10-13H2,1-2H3. The van der Waals surface area contributed by atoms with E-state index in [0.717, 1.165) is 49.0 Å². The van der Waals surface area contributed by atoms with E-state index in [-0.39, 0.29) is 11.6 Å². The summed E-state index contributed by atoms with van der Waals surface area (Å²) in [6.45, 7) is 7.66. The first-order valence-corrected chi connectivity index (χ1v) is 10.9. The van der Waals surface area contributed by atoms with Crippen molar-refractivity contribution >= 4 is 22.4 Å². The molecule has 1 saturated heterocycles. The van der Waals surface area contributed by atoms with Gasteiger partial charge in [0.05, 0.1) is 17.2 Å². The Balaban J connectivity index is 1.31. The Kier molecular flexibility index (Phi) is 4.89. The maximum absolute atomic E-state index is 12.6. The van der Waals surface area contributed by atoms with Gasteiger partial charge in [-0.25, -0.2) is 15.0 Å². The SMILES string of the molecule is CC(C)n1cnc2cc(N3CCN(c4ccnc(C5CCC5)n4)CC3)ccc2c1=O. The molecule has 5 rings (SSSR count). The molecule has 30 heavy (non-hydrogen) atoms. The van der Waals surface area contributed by atoms with Gasteiger partial charge >= 0.3 is 0 Å². The summed E-state index contributed by atoms with van der Waals surface area (Å²) < 4.78 is 1.68. The summed E-state index contributed by atoms with van der Waals surface area (Å²) in [4.78, 5) is 31.2. The van der Waals surface area contributed by atoms with Gasteiger partial charge in [0.15, 0.2) is 0 Å². The summed E-state index contributed by atoms with van der Waals surface area (Å²) in [5.41, 5.74) is 1.91. The van der Waals surface area contributed by atoms with E-state index in [1.165, 1.54) is 19.3 Å². The molecule has 2 fully saturated rings. The third kappa shape index (κ3) is 3.42. The van der Waals surface area contributed by atoms with E-state index in [0.29, 0.717) is 11.3 Å². The molecule has 7 nitrogen and oxygen atoms in total. The molecule has 0 amide bonds. The van der Waals surface area contributed by atoms with E-state index < -0.39 is 0 Å². The van der Waals surface area contributed by atoms with E-state index in [1.807, 2.05) is 44.3 Å². The molecule has 0 bridgehead atoms. The summed E-state index contributed by atoms with van der Waals surface area (Å²) >= 11 is 0. The van der Waals surface area contributed by atoms with Crippen LogP contribution < -0.4 is 15.4 Å². The smallest absolute Gasteiger partial charge is 0.261 e. The van der Waals surface area contributed by atoms with Gasteiger partial charge in [0.2, 0.25) is 0 Å². The molecule has 1 aliphatic carbocycles. The minimum atomic E-state index is 0.0254. The van der Waals surface area contributed by atoms with Crippen molar-refractivity contribution in [1.82, 2.24) is 19.5 Å². The van der Waals surface area contributed by atoms with Crippen LogP contribution in [0.25, 0.3) is 10.9 Å². The molecular formula is C23H28N6O. The van der Waals surface area contributed by atoms with Crippen LogP contribution in [-0.2, 0) is 0 Å². The molecule has 1 aliphatic heterocycles. The third-order valence-electron chi connectivity index (χ3n) is 6.42. The van der Waals surface area contributed by atoms with E-state index in [2.05, 4.69) is 19.8 Å². The maximum atomic E-state index is 12.6. The monoisotopic (exact) mass is 404 g/mol. The van der Waals surface area contributed by atoms with Crippen molar-refractivity contribution in [3.63, 3.8) is 0 Å². The van der Waals surface area contributed by atoms with E-state index in [4.69, 9.17) is 4.98 Å². The normalized spacial score (nSPS) is 17.6. The Bertz CT molecular complexity index is 1110. The first-order valence-electron chi connectivity index (χ1n) is 10.9. The van der Waals surface area contributed by atoms with Crippen LogP contribution in [0.1, 0.15) is 50.9 Å². The molecule has 0 unspecified atom stereocenters. The minimum Gasteiger partial charge on any atom is -0.368 e. The van der Waals surface area contributed by atoms with Crippen molar-refractivity contribution < 1.29 is 0 Å². The average molecular weight is 405 g/mol. The molecular weight excluding hydrogens is 376 g/mol. The molecule has 156 valence electrons. The Morgan fingerprint density at radius 3 is 2.47 bits per heavy atom. The topological polar surface area (TPSA) is 67.2 Å². The lowest BCUT2D eigenvalue weighted by molar-refractivity contribution is 0.401. The van der Waals surface area contributed by atoms with Gasteiger partial charge in [-0.2, -0.15) is 0 Å². The fourth-order valence-corrected chi connectivity index (χ4v) is 4.28. The van der Waals surface area contributed by atoms with Crippen molar-refractivity contribution in [2.45, 2.75) is 45.1 Å². The van der Waals surface area contributed by atoms with Crippen LogP contribution in [-0.4, -0.2) is 45.7 Å². The second kappa shape index (κ2) is 7.70. The summed E-state index contributed by atoms with van der Waals surface area (Å²) in [5.74, 6) is 2.60. The zero-order valence-electron chi connectivity index (χ0n) is 17.7. The number of hydrogen-bond acceptors (Lipinski definition) is 6. The van der Waals surface area contributed by atoms with Gasteiger partial charge < -0.3 is 9.80 Å². The average Bonchev–Trinajstić information content (AvgIpc) is 2.73. The second-order valence-corrected chi connectivity index (χ2v) is 8.63. The highest BCUT2D eigenvalue weighted by Gasteiger charge is 2.24. The van der Waals surface area contributed by atoms with Crippen LogP contribution in [0.5, 0.6) is 0 Å². The zero-order valence-corrected chi connectivity index (χ0v) is 17.7. The number of benzene rings is 1. The quantitative estimate of drug-likeness (QED) is 0.664. The predicted octanol–water partition coefficient (Wildman–Crippen LogP) is 3.36. The number of aromatic nitrogens is 4. The van der Waals surface area contributed by atoms with Crippen molar-refractivity contribution in [3.05, 3.63) is 53.0 Å². The largest absolute Gasteiger partial charge is 0.368 e. The van der Waals surface area contributed by atoms with Gasteiger partial charge in [-0.3, -0.25) is 9.36 Å². The van der Waals surface area contributed by atoms with E-state index in [9.17, 15) is 4.79 Å². The maximum Gasteiger partial charge on any atom is 0.261 e.